The van der Waals surface area contributed by atoms with Crippen LogP contribution in [0.5, 0.6) is 0 Å². The fraction of sp³-hybridized carbons (Fsp3) is 0.636. The lowest BCUT2D eigenvalue weighted by atomic mass is 9.87. The van der Waals surface area contributed by atoms with Crippen molar-refractivity contribution in [1.82, 2.24) is 0 Å². The van der Waals surface area contributed by atoms with Gasteiger partial charge in [-0.3, -0.25) is 4.79 Å². The molecule has 0 aliphatic heterocycles. The van der Waals surface area contributed by atoms with E-state index in [-0.39, 0.29) is 11.8 Å². The Morgan fingerprint density at radius 2 is 2.36 bits per heavy atom. The summed E-state index contributed by atoms with van der Waals surface area (Å²) in [6.07, 6.45) is 5.43. The van der Waals surface area contributed by atoms with E-state index in [1.807, 2.05) is 6.92 Å². The van der Waals surface area contributed by atoms with Crippen LogP contribution in [-0.2, 0) is 14.3 Å². The van der Waals surface area contributed by atoms with Crippen LogP contribution < -0.4 is 0 Å². The van der Waals surface area contributed by atoms with Gasteiger partial charge in [0.2, 0.25) is 0 Å². The highest BCUT2D eigenvalue weighted by atomic mass is 16.5. The van der Waals surface area contributed by atoms with Gasteiger partial charge >= 0.3 is 5.97 Å². The van der Waals surface area contributed by atoms with Crippen molar-refractivity contribution in [3.05, 3.63) is 12.2 Å². The maximum atomic E-state index is 11.5. The minimum atomic E-state index is -0.438. The van der Waals surface area contributed by atoms with E-state index in [9.17, 15) is 9.59 Å². The van der Waals surface area contributed by atoms with E-state index >= 15 is 0 Å². The van der Waals surface area contributed by atoms with Gasteiger partial charge < -0.3 is 4.74 Å². The highest BCUT2D eigenvalue weighted by Gasteiger charge is 2.34. The molecule has 0 bridgehead atoms. The predicted octanol–water partition coefficient (Wildman–Crippen LogP) is 1.86. The van der Waals surface area contributed by atoms with Crippen molar-refractivity contribution in [1.29, 1.82) is 0 Å². The van der Waals surface area contributed by atoms with E-state index in [0.717, 1.165) is 12.8 Å². The van der Waals surface area contributed by atoms with E-state index in [2.05, 4.69) is 0 Å². The zero-order chi connectivity index (χ0) is 10.6. The van der Waals surface area contributed by atoms with Gasteiger partial charge in [-0.1, -0.05) is 6.08 Å². The minimum absolute atomic E-state index is 0.220. The lowest BCUT2D eigenvalue weighted by molar-refractivity contribution is -0.137. The summed E-state index contributed by atoms with van der Waals surface area (Å²) in [5.74, 6) is -0.147. The van der Waals surface area contributed by atoms with Gasteiger partial charge in [0.25, 0.3) is 0 Å². The summed E-state index contributed by atoms with van der Waals surface area (Å²) in [6.45, 7) is 4.00. The molecule has 0 spiro atoms. The number of ether oxygens (including phenoxy) is 1. The molecule has 0 amide bonds. The van der Waals surface area contributed by atoms with Gasteiger partial charge in [0.1, 0.15) is 5.78 Å². The molecular weight excluding hydrogens is 180 g/mol. The largest absolute Gasteiger partial charge is 0.463 e. The van der Waals surface area contributed by atoms with Crippen LogP contribution in [-0.4, -0.2) is 18.4 Å². The molecule has 1 aliphatic carbocycles. The second-order valence-corrected chi connectivity index (χ2v) is 3.78. The first-order valence-electron chi connectivity index (χ1n) is 4.98. The average Bonchev–Trinajstić information content (AvgIpc) is 2.46. The third-order valence-electron chi connectivity index (χ3n) is 2.61. The summed E-state index contributed by atoms with van der Waals surface area (Å²) < 4.78 is 4.74. The highest BCUT2D eigenvalue weighted by molar-refractivity contribution is 5.90. The van der Waals surface area contributed by atoms with Crippen LogP contribution in [0, 0.1) is 5.41 Å². The molecule has 1 fully saturated rings. The van der Waals surface area contributed by atoms with Gasteiger partial charge in [0.05, 0.1) is 6.61 Å². The zero-order valence-corrected chi connectivity index (χ0v) is 8.71. The molecule has 0 aromatic heterocycles. The average molecular weight is 196 g/mol. The van der Waals surface area contributed by atoms with Crippen molar-refractivity contribution in [3.8, 4) is 0 Å². The summed E-state index contributed by atoms with van der Waals surface area (Å²) in [7, 11) is 0. The summed E-state index contributed by atoms with van der Waals surface area (Å²) in [5, 5.41) is 0. The Morgan fingerprint density at radius 1 is 1.64 bits per heavy atom. The van der Waals surface area contributed by atoms with Crippen LogP contribution in [0.15, 0.2) is 12.2 Å². The number of ketones is 1. The smallest absolute Gasteiger partial charge is 0.330 e. The Balaban J connectivity index is 2.58. The molecule has 1 unspecified atom stereocenters. The van der Waals surface area contributed by atoms with Gasteiger partial charge in [-0.15, -0.1) is 0 Å². The van der Waals surface area contributed by atoms with Crippen molar-refractivity contribution in [2.75, 3.05) is 6.61 Å². The SMILES string of the molecule is CCOC(=O)/C=C/C1(C)CCCC1=O. The topological polar surface area (TPSA) is 43.4 Å². The number of carbonyl (C=O) groups excluding carboxylic acids is 2. The van der Waals surface area contributed by atoms with Crippen molar-refractivity contribution in [2.45, 2.75) is 33.1 Å². The van der Waals surface area contributed by atoms with E-state index in [4.69, 9.17) is 4.74 Å². The monoisotopic (exact) mass is 196 g/mol. The minimum Gasteiger partial charge on any atom is -0.463 e. The second kappa shape index (κ2) is 4.40. The maximum absolute atomic E-state index is 11.5. The Kier molecular flexibility index (Phi) is 3.44. The number of hydrogen-bond donors (Lipinski definition) is 0. The van der Waals surface area contributed by atoms with E-state index in [1.54, 1.807) is 13.0 Å². The molecule has 0 aromatic rings. The lowest BCUT2D eigenvalue weighted by Crippen LogP contribution is -2.18. The lowest BCUT2D eigenvalue weighted by Gasteiger charge is -2.15. The molecule has 1 aliphatic rings. The molecule has 0 aromatic carbocycles. The van der Waals surface area contributed by atoms with Crippen molar-refractivity contribution in [3.63, 3.8) is 0 Å². The number of rotatable bonds is 3. The number of allylic oxidation sites excluding steroid dienone is 1. The van der Waals surface area contributed by atoms with Crippen LogP contribution >= 0.6 is 0 Å². The van der Waals surface area contributed by atoms with Crippen LogP contribution in [0.4, 0.5) is 0 Å². The van der Waals surface area contributed by atoms with Crippen molar-refractivity contribution < 1.29 is 14.3 Å². The fourth-order valence-electron chi connectivity index (χ4n) is 1.66. The Morgan fingerprint density at radius 3 is 2.86 bits per heavy atom. The summed E-state index contributed by atoms with van der Waals surface area (Å²) >= 11 is 0. The normalized spacial score (nSPS) is 27.1. The van der Waals surface area contributed by atoms with Gasteiger partial charge in [0, 0.05) is 17.9 Å². The molecule has 0 radical (unpaired) electrons. The van der Waals surface area contributed by atoms with E-state index in [0.29, 0.717) is 13.0 Å². The number of carbonyl (C=O) groups is 2. The van der Waals surface area contributed by atoms with Crippen LogP contribution in [0.3, 0.4) is 0 Å². The van der Waals surface area contributed by atoms with Gasteiger partial charge in [-0.25, -0.2) is 4.79 Å². The van der Waals surface area contributed by atoms with E-state index < -0.39 is 5.41 Å². The number of esters is 1. The molecule has 0 N–H and O–H groups in total. The van der Waals surface area contributed by atoms with Crippen molar-refractivity contribution >= 4 is 11.8 Å². The van der Waals surface area contributed by atoms with Crippen LogP contribution in [0.1, 0.15) is 33.1 Å². The molecule has 3 nitrogen and oxygen atoms in total. The highest BCUT2D eigenvalue weighted by Crippen LogP contribution is 2.35. The summed E-state index contributed by atoms with van der Waals surface area (Å²) in [5.41, 5.74) is -0.438. The predicted molar refractivity (Wildman–Crippen MR) is 52.7 cm³/mol. The van der Waals surface area contributed by atoms with Crippen molar-refractivity contribution in [2.24, 2.45) is 5.41 Å². The molecule has 14 heavy (non-hydrogen) atoms. The molecular formula is C11H16O3. The van der Waals surface area contributed by atoms with E-state index in [1.165, 1.54) is 6.08 Å². The third-order valence-corrected chi connectivity index (χ3v) is 2.61. The first-order valence-corrected chi connectivity index (χ1v) is 4.98. The molecule has 0 heterocycles. The summed E-state index contributed by atoms with van der Waals surface area (Å²) in [4.78, 5) is 22.5. The fourth-order valence-corrected chi connectivity index (χ4v) is 1.66. The zero-order valence-electron chi connectivity index (χ0n) is 8.71. The standard InChI is InChI=1S/C11H16O3/c1-3-14-10(13)6-8-11(2)7-4-5-9(11)12/h6,8H,3-5,7H2,1-2H3/b8-6+. The third kappa shape index (κ3) is 2.44. The van der Waals surface area contributed by atoms with Crippen LogP contribution in [0.25, 0.3) is 0 Å². The van der Waals surface area contributed by atoms with Gasteiger partial charge in [0.15, 0.2) is 0 Å². The second-order valence-electron chi connectivity index (χ2n) is 3.78. The van der Waals surface area contributed by atoms with Crippen LogP contribution in [0.2, 0.25) is 0 Å². The Hall–Kier alpha value is -1.12. The first-order chi connectivity index (χ1) is 6.58. The number of Topliss-reactive ketones (excluding diaryl/α,β-unsaturated/α-hetero) is 1. The maximum Gasteiger partial charge on any atom is 0.330 e. The van der Waals surface area contributed by atoms with Gasteiger partial charge in [-0.2, -0.15) is 0 Å². The van der Waals surface area contributed by atoms with Gasteiger partial charge in [-0.05, 0) is 26.7 Å². The molecule has 1 rings (SSSR count). The molecule has 78 valence electrons. The Bertz CT molecular complexity index is 268. The first kappa shape index (κ1) is 11.0. The molecule has 3 heteroatoms. The summed E-state index contributed by atoms with van der Waals surface area (Å²) in [6, 6.07) is 0. The molecule has 1 saturated carbocycles. The Labute approximate surface area is 84.1 Å². The molecule has 1 atom stereocenters. The molecule has 0 saturated heterocycles. The number of hydrogen-bond acceptors (Lipinski definition) is 3. The quantitative estimate of drug-likeness (QED) is 0.511.